The smallest absolute Gasteiger partial charge is 0.115 e. The van der Waals surface area contributed by atoms with E-state index in [1.807, 2.05) is 10.9 Å². The second kappa shape index (κ2) is 4.63. The lowest BCUT2D eigenvalue weighted by atomic mass is 9.94. The van der Waals surface area contributed by atoms with Crippen LogP contribution in [0.1, 0.15) is 24.5 Å². The van der Waals surface area contributed by atoms with Crippen LogP contribution in [0.4, 0.5) is 0 Å². The minimum absolute atomic E-state index is 0.582. The number of nitrogens with one attached hydrogen (secondary N) is 1. The molecule has 0 bridgehead atoms. The van der Waals surface area contributed by atoms with Crippen LogP contribution in [-0.4, -0.2) is 32.8 Å². The maximum atomic E-state index is 4.38. The van der Waals surface area contributed by atoms with Gasteiger partial charge in [-0.2, -0.15) is 5.10 Å². The Morgan fingerprint density at radius 3 is 2.71 bits per heavy atom. The standard InChI is InChI=1S/C12H15N5/c1-4-13-5-2-10(1)12-3-6-16-17(12)11-7-14-9-15-8-11/h3,6-10,13H,1-2,4-5H2. The fourth-order valence-corrected chi connectivity index (χ4v) is 2.36. The molecule has 0 radical (unpaired) electrons. The van der Waals surface area contributed by atoms with Crippen molar-refractivity contribution in [1.29, 1.82) is 0 Å². The average molecular weight is 229 g/mol. The van der Waals surface area contributed by atoms with Gasteiger partial charge < -0.3 is 5.32 Å². The van der Waals surface area contributed by atoms with Crippen molar-refractivity contribution in [2.75, 3.05) is 13.1 Å². The highest BCUT2D eigenvalue weighted by molar-refractivity contribution is 5.28. The van der Waals surface area contributed by atoms with Crippen molar-refractivity contribution in [3.05, 3.63) is 36.7 Å². The average Bonchev–Trinajstić information content (AvgIpc) is 2.90. The van der Waals surface area contributed by atoms with Crippen molar-refractivity contribution in [2.45, 2.75) is 18.8 Å². The van der Waals surface area contributed by atoms with Gasteiger partial charge in [0.15, 0.2) is 0 Å². The molecule has 88 valence electrons. The van der Waals surface area contributed by atoms with Gasteiger partial charge in [-0.1, -0.05) is 0 Å². The third-order valence-electron chi connectivity index (χ3n) is 3.22. The summed E-state index contributed by atoms with van der Waals surface area (Å²) in [5, 5.41) is 7.76. The fourth-order valence-electron chi connectivity index (χ4n) is 2.36. The molecule has 5 heteroatoms. The largest absolute Gasteiger partial charge is 0.317 e. The van der Waals surface area contributed by atoms with Gasteiger partial charge >= 0.3 is 0 Å². The lowest BCUT2D eigenvalue weighted by Crippen LogP contribution is -2.27. The zero-order valence-electron chi connectivity index (χ0n) is 9.58. The molecule has 5 nitrogen and oxygen atoms in total. The van der Waals surface area contributed by atoms with Gasteiger partial charge in [-0.3, -0.25) is 0 Å². The van der Waals surface area contributed by atoms with Crippen LogP contribution in [0.2, 0.25) is 0 Å². The predicted octanol–water partition coefficient (Wildman–Crippen LogP) is 1.13. The second-order valence-electron chi connectivity index (χ2n) is 4.29. The molecular formula is C12H15N5. The van der Waals surface area contributed by atoms with E-state index in [4.69, 9.17) is 0 Å². The van der Waals surface area contributed by atoms with Crippen molar-refractivity contribution in [2.24, 2.45) is 0 Å². The summed E-state index contributed by atoms with van der Waals surface area (Å²) in [5.41, 5.74) is 2.20. The van der Waals surface area contributed by atoms with Gasteiger partial charge in [-0.25, -0.2) is 14.6 Å². The van der Waals surface area contributed by atoms with E-state index in [-0.39, 0.29) is 0 Å². The quantitative estimate of drug-likeness (QED) is 0.838. The first-order valence-corrected chi connectivity index (χ1v) is 5.95. The summed E-state index contributed by atoms with van der Waals surface area (Å²) in [6.07, 6.45) is 9.31. The molecule has 1 saturated heterocycles. The minimum atomic E-state index is 0.582. The van der Waals surface area contributed by atoms with Crippen LogP contribution in [-0.2, 0) is 0 Å². The molecule has 1 aliphatic rings. The van der Waals surface area contributed by atoms with E-state index in [2.05, 4.69) is 26.4 Å². The summed E-state index contributed by atoms with van der Waals surface area (Å²) in [6, 6.07) is 2.10. The molecule has 1 N–H and O–H groups in total. The van der Waals surface area contributed by atoms with Crippen molar-refractivity contribution in [1.82, 2.24) is 25.1 Å². The lowest BCUT2D eigenvalue weighted by Gasteiger charge is -2.23. The number of hydrogen-bond donors (Lipinski definition) is 1. The van der Waals surface area contributed by atoms with Gasteiger partial charge in [0.05, 0.1) is 12.4 Å². The Labute approximate surface area is 99.9 Å². The van der Waals surface area contributed by atoms with Gasteiger partial charge in [0.1, 0.15) is 12.0 Å². The Bertz CT molecular complexity index is 473. The third kappa shape index (κ3) is 2.06. The molecule has 0 atom stereocenters. The summed E-state index contributed by atoms with van der Waals surface area (Å²) in [5.74, 6) is 0.582. The van der Waals surface area contributed by atoms with E-state index in [0.717, 1.165) is 18.8 Å². The van der Waals surface area contributed by atoms with E-state index in [9.17, 15) is 0 Å². The van der Waals surface area contributed by atoms with E-state index in [0.29, 0.717) is 5.92 Å². The first-order chi connectivity index (χ1) is 8.45. The first-order valence-electron chi connectivity index (χ1n) is 5.95. The molecule has 0 amide bonds. The van der Waals surface area contributed by atoms with Gasteiger partial charge in [0.25, 0.3) is 0 Å². The lowest BCUT2D eigenvalue weighted by molar-refractivity contribution is 0.446. The molecule has 0 spiro atoms. The third-order valence-corrected chi connectivity index (χ3v) is 3.22. The van der Waals surface area contributed by atoms with Gasteiger partial charge in [-0.15, -0.1) is 0 Å². The maximum absolute atomic E-state index is 4.38. The van der Waals surface area contributed by atoms with Crippen LogP contribution in [0.3, 0.4) is 0 Å². The van der Waals surface area contributed by atoms with E-state index >= 15 is 0 Å². The molecule has 1 aliphatic heterocycles. The maximum Gasteiger partial charge on any atom is 0.115 e. The summed E-state index contributed by atoms with van der Waals surface area (Å²) in [7, 11) is 0. The minimum Gasteiger partial charge on any atom is -0.317 e. The molecule has 1 fully saturated rings. The monoisotopic (exact) mass is 229 g/mol. The molecule has 3 rings (SSSR count). The normalized spacial score (nSPS) is 17.2. The summed E-state index contributed by atoms with van der Waals surface area (Å²) in [4.78, 5) is 8.09. The highest BCUT2D eigenvalue weighted by Gasteiger charge is 2.19. The predicted molar refractivity (Wildman–Crippen MR) is 64.0 cm³/mol. The Morgan fingerprint density at radius 2 is 1.94 bits per heavy atom. The van der Waals surface area contributed by atoms with Crippen LogP contribution >= 0.6 is 0 Å². The topological polar surface area (TPSA) is 55.6 Å². The molecule has 3 heterocycles. The molecule has 0 saturated carbocycles. The number of aromatic nitrogens is 4. The Morgan fingerprint density at radius 1 is 1.18 bits per heavy atom. The SMILES string of the molecule is c1ncc(-n2nccc2C2CCNCC2)cn1. The van der Waals surface area contributed by atoms with Crippen LogP contribution in [0, 0.1) is 0 Å². The van der Waals surface area contributed by atoms with E-state index in [1.165, 1.54) is 24.9 Å². The van der Waals surface area contributed by atoms with Crippen LogP contribution in [0.25, 0.3) is 5.69 Å². The fraction of sp³-hybridized carbons (Fsp3) is 0.417. The summed E-state index contributed by atoms with van der Waals surface area (Å²) in [6.45, 7) is 2.17. The number of hydrogen-bond acceptors (Lipinski definition) is 4. The molecule has 0 aliphatic carbocycles. The molecule has 17 heavy (non-hydrogen) atoms. The highest BCUT2D eigenvalue weighted by Crippen LogP contribution is 2.26. The second-order valence-corrected chi connectivity index (χ2v) is 4.29. The molecule has 2 aromatic heterocycles. The van der Waals surface area contributed by atoms with Crippen molar-refractivity contribution < 1.29 is 0 Å². The van der Waals surface area contributed by atoms with Crippen molar-refractivity contribution >= 4 is 0 Å². The molecule has 0 unspecified atom stereocenters. The highest BCUT2D eigenvalue weighted by atomic mass is 15.3. The number of piperidine rings is 1. The summed E-state index contributed by atoms with van der Waals surface area (Å²) >= 11 is 0. The first kappa shape index (κ1) is 10.4. The van der Waals surface area contributed by atoms with Crippen LogP contribution < -0.4 is 5.32 Å². The zero-order valence-corrected chi connectivity index (χ0v) is 9.58. The molecular weight excluding hydrogens is 214 g/mol. The summed E-state index contributed by atoms with van der Waals surface area (Å²) < 4.78 is 1.95. The molecule has 0 aromatic carbocycles. The molecule has 2 aromatic rings. The van der Waals surface area contributed by atoms with E-state index < -0.39 is 0 Å². The zero-order chi connectivity index (χ0) is 11.5. The van der Waals surface area contributed by atoms with Crippen molar-refractivity contribution in [3.63, 3.8) is 0 Å². The van der Waals surface area contributed by atoms with Crippen LogP contribution in [0.5, 0.6) is 0 Å². The Hall–Kier alpha value is -1.75. The number of nitrogens with zero attached hydrogens (tertiary/aromatic N) is 4. The van der Waals surface area contributed by atoms with E-state index in [1.54, 1.807) is 12.4 Å². The van der Waals surface area contributed by atoms with Gasteiger partial charge in [0.2, 0.25) is 0 Å². The van der Waals surface area contributed by atoms with Gasteiger partial charge in [-0.05, 0) is 32.0 Å². The number of rotatable bonds is 2. The van der Waals surface area contributed by atoms with Crippen molar-refractivity contribution in [3.8, 4) is 5.69 Å². The Kier molecular flexibility index (Phi) is 2.83. The Balaban J connectivity index is 1.93. The van der Waals surface area contributed by atoms with Gasteiger partial charge in [0, 0.05) is 17.8 Å². The van der Waals surface area contributed by atoms with Crippen LogP contribution in [0.15, 0.2) is 31.0 Å².